The van der Waals surface area contributed by atoms with E-state index in [0.29, 0.717) is 5.92 Å². The van der Waals surface area contributed by atoms with Gasteiger partial charge in [-0.1, -0.05) is 43.4 Å². The summed E-state index contributed by atoms with van der Waals surface area (Å²) in [6.07, 6.45) is 15.1. The summed E-state index contributed by atoms with van der Waals surface area (Å²) in [7, 11) is 0. The Morgan fingerprint density at radius 3 is 2.88 bits per heavy atom. The van der Waals surface area contributed by atoms with E-state index in [4.69, 9.17) is 0 Å². The number of hydrogen-bond acceptors (Lipinski definition) is 2. The summed E-state index contributed by atoms with van der Waals surface area (Å²) in [5.41, 5.74) is 0.393. The van der Waals surface area contributed by atoms with E-state index in [1.165, 1.54) is 5.70 Å². The zero-order valence-corrected chi connectivity index (χ0v) is 9.85. The maximum atomic E-state index is 10.2. The fourth-order valence-electron chi connectivity index (χ4n) is 2.03. The molecule has 16 heavy (non-hydrogen) atoms. The number of aliphatic hydroxyl groups is 1. The zero-order valence-electron chi connectivity index (χ0n) is 9.85. The highest BCUT2D eigenvalue weighted by molar-refractivity contribution is 5.27. The van der Waals surface area contributed by atoms with Crippen LogP contribution in [0.4, 0.5) is 0 Å². The molecule has 0 saturated heterocycles. The molecule has 0 amide bonds. The van der Waals surface area contributed by atoms with Gasteiger partial charge in [-0.2, -0.15) is 0 Å². The van der Waals surface area contributed by atoms with Gasteiger partial charge < -0.3 is 10.4 Å². The van der Waals surface area contributed by atoms with Crippen molar-refractivity contribution in [1.82, 2.24) is 5.32 Å². The van der Waals surface area contributed by atoms with E-state index in [9.17, 15) is 5.11 Å². The second-order valence-corrected chi connectivity index (χ2v) is 4.78. The molecule has 2 heteroatoms. The molecule has 0 saturated carbocycles. The minimum atomic E-state index is -0.809. The Morgan fingerprint density at radius 2 is 2.19 bits per heavy atom. The third kappa shape index (κ3) is 2.27. The lowest BCUT2D eigenvalue weighted by atomic mass is 9.90. The Kier molecular flexibility index (Phi) is 3.01. The van der Waals surface area contributed by atoms with Crippen LogP contribution in [0.25, 0.3) is 0 Å². The normalized spacial score (nSPS) is 37.3. The minimum absolute atomic E-state index is 0.0438. The van der Waals surface area contributed by atoms with Gasteiger partial charge in [0.2, 0.25) is 0 Å². The summed E-state index contributed by atoms with van der Waals surface area (Å²) in [5, 5.41) is 13.6. The van der Waals surface area contributed by atoms with Gasteiger partial charge in [0.05, 0.1) is 6.04 Å². The molecule has 0 aromatic rings. The summed E-state index contributed by atoms with van der Waals surface area (Å²) >= 11 is 0. The molecule has 86 valence electrons. The molecule has 0 fully saturated rings. The molecule has 3 unspecified atom stereocenters. The summed E-state index contributed by atoms with van der Waals surface area (Å²) in [5.74, 6) is 0.500. The first-order valence-corrected chi connectivity index (χ1v) is 5.81. The number of hydrogen-bond donors (Lipinski definition) is 2. The van der Waals surface area contributed by atoms with Gasteiger partial charge in [0, 0.05) is 5.70 Å². The van der Waals surface area contributed by atoms with Crippen LogP contribution >= 0.6 is 0 Å². The van der Waals surface area contributed by atoms with Crippen molar-refractivity contribution in [2.45, 2.75) is 31.9 Å². The van der Waals surface area contributed by atoms with Crippen molar-refractivity contribution in [2.75, 3.05) is 0 Å². The standard InChI is InChI=1S/C14H19NO/c1-11-7-3-4-8-12(11)15-13-9-5-6-10-14(13,2)16/h3-6,8-11,13,15-16H,7H2,1-2H3. The van der Waals surface area contributed by atoms with Crippen LogP contribution in [0, 0.1) is 5.92 Å². The Morgan fingerprint density at radius 1 is 1.38 bits per heavy atom. The zero-order chi connectivity index (χ0) is 11.6. The van der Waals surface area contributed by atoms with E-state index < -0.39 is 5.60 Å². The molecule has 0 bridgehead atoms. The van der Waals surface area contributed by atoms with Crippen molar-refractivity contribution in [3.8, 4) is 0 Å². The molecular formula is C14H19NO. The van der Waals surface area contributed by atoms with Gasteiger partial charge >= 0.3 is 0 Å². The van der Waals surface area contributed by atoms with Gasteiger partial charge in [0.15, 0.2) is 0 Å². The molecule has 2 N–H and O–H groups in total. The molecule has 0 heterocycles. The monoisotopic (exact) mass is 217 g/mol. The maximum Gasteiger partial charge on any atom is 0.104 e. The molecule has 0 aromatic carbocycles. The van der Waals surface area contributed by atoms with Crippen LogP contribution in [0.1, 0.15) is 20.3 Å². The van der Waals surface area contributed by atoms with Crippen molar-refractivity contribution in [3.63, 3.8) is 0 Å². The molecule has 2 aliphatic rings. The fourth-order valence-corrected chi connectivity index (χ4v) is 2.03. The van der Waals surface area contributed by atoms with Crippen LogP contribution in [0.3, 0.4) is 0 Å². The molecular weight excluding hydrogens is 198 g/mol. The van der Waals surface area contributed by atoms with E-state index in [2.05, 4.69) is 30.5 Å². The van der Waals surface area contributed by atoms with Crippen LogP contribution in [-0.2, 0) is 0 Å². The highest BCUT2D eigenvalue weighted by atomic mass is 16.3. The summed E-state index contributed by atoms with van der Waals surface area (Å²) in [6.45, 7) is 4.02. The third-order valence-corrected chi connectivity index (χ3v) is 3.23. The van der Waals surface area contributed by atoms with E-state index in [-0.39, 0.29) is 6.04 Å². The SMILES string of the molecule is CC1CC=CC=C1NC1C=CC=CC1(C)O. The first-order valence-electron chi connectivity index (χ1n) is 5.81. The molecule has 0 aliphatic heterocycles. The average Bonchev–Trinajstić information content (AvgIpc) is 2.24. The van der Waals surface area contributed by atoms with Crippen molar-refractivity contribution < 1.29 is 5.11 Å². The largest absolute Gasteiger partial charge is 0.384 e. The van der Waals surface area contributed by atoms with Gasteiger partial charge in [-0.05, 0) is 25.3 Å². The highest BCUT2D eigenvalue weighted by Gasteiger charge is 2.29. The summed E-state index contributed by atoms with van der Waals surface area (Å²) in [6, 6.07) is -0.0438. The van der Waals surface area contributed by atoms with Gasteiger partial charge in [0.1, 0.15) is 5.60 Å². The van der Waals surface area contributed by atoms with Crippen molar-refractivity contribution in [1.29, 1.82) is 0 Å². The second kappa shape index (κ2) is 4.30. The topological polar surface area (TPSA) is 32.3 Å². The number of rotatable bonds is 2. The second-order valence-electron chi connectivity index (χ2n) is 4.78. The van der Waals surface area contributed by atoms with Gasteiger partial charge in [-0.3, -0.25) is 0 Å². The quantitative estimate of drug-likeness (QED) is 0.744. The Labute approximate surface area is 97.1 Å². The number of nitrogens with one attached hydrogen (secondary N) is 1. The summed E-state index contributed by atoms with van der Waals surface area (Å²) in [4.78, 5) is 0. The lowest BCUT2D eigenvalue weighted by molar-refractivity contribution is 0.0853. The molecule has 0 aromatic heterocycles. The van der Waals surface area contributed by atoms with E-state index >= 15 is 0 Å². The van der Waals surface area contributed by atoms with Gasteiger partial charge in [-0.25, -0.2) is 0 Å². The maximum absolute atomic E-state index is 10.2. The molecule has 2 aliphatic carbocycles. The molecule has 0 spiro atoms. The number of allylic oxidation sites excluding steroid dienone is 6. The Bertz CT molecular complexity index is 374. The van der Waals surface area contributed by atoms with Gasteiger partial charge in [-0.15, -0.1) is 0 Å². The Hall–Kier alpha value is -1.28. The van der Waals surface area contributed by atoms with E-state index in [1.807, 2.05) is 31.2 Å². The molecule has 2 nitrogen and oxygen atoms in total. The average molecular weight is 217 g/mol. The lowest BCUT2D eigenvalue weighted by Gasteiger charge is -2.34. The van der Waals surface area contributed by atoms with Gasteiger partial charge in [0.25, 0.3) is 0 Å². The first-order chi connectivity index (χ1) is 7.59. The predicted octanol–water partition coefficient (Wildman–Crippen LogP) is 2.30. The summed E-state index contributed by atoms with van der Waals surface area (Å²) < 4.78 is 0. The Balaban J connectivity index is 2.10. The van der Waals surface area contributed by atoms with Crippen LogP contribution in [0.2, 0.25) is 0 Å². The third-order valence-electron chi connectivity index (χ3n) is 3.23. The fraction of sp³-hybridized carbons (Fsp3) is 0.429. The highest BCUT2D eigenvalue weighted by Crippen LogP contribution is 2.23. The van der Waals surface area contributed by atoms with Crippen molar-refractivity contribution in [3.05, 3.63) is 48.2 Å². The smallest absolute Gasteiger partial charge is 0.104 e. The molecule has 2 rings (SSSR count). The van der Waals surface area contributed by atoms with Crippen molar-refractivity contribution in [2.24, 2.45) is 5.92 Å². The first kappa shape index (κ1) is 11.2. The predicted molar refractivity (Wildman–Crippen MR) is 66.8 cm³/mol. The van der Waals surface area contributed by atoms with E-state index in [0.717, 1.165) is 6.42 Å². The van der Waals surface area contributed by atoms with Crippen LogP contribution < -0.4 is 5.32 Å². The van der Waals surface area contributed by atoms with Crippen molar-refractivity contribution >= 4 is 0 Å². The minimum Gasteiger partial charge on any atom is -0.384 e. The van der Waals surface area contributed by atoms with E-state index in [1.54, 1.807) is 0 Å². The molecule has 3 atom stereocenters. The molecule has 0 radical (unpaired) electrons. The van der Waals surface area contributed by atoms with Crippen LogP contribution in [0.15, 0.2) is 48.2 Å². The lowest BCUT2D eigenvalue weighted by Crippen LogP contribution is -2.47. The van der Waals surface area contributed by atoms with Crippen LogP contribution in [0.5, 0.6) is 0 Å². The van der Waals surface area contributed by atoms with Crippen LogP contribution in [-0.4, -0.2) is 16.7 Å².